The van der Waals surface area contributed by atoms with Gasteiger partial charge < -0.3 is 10.2 Å². The number of urea groups is 1. The summed E-state index contributed by atoms with van der Waals surface area (Å²) < 4.78 is 0. The monoisotopic (exact) mass is 322 g/mol. The minimum Gasteiger partial charge on any atom is -0.321 e. The molecule has 2 bridgehead atoms. The van der Waals surface area contributed by atoms with Gasteiger partial charge >= 0.3 is 6.03 Å². The van der Waals surface area contributed by atoms with Crippen LogP contribution in [0, 0.1) is 10.8 Å². The summed E-state index contributed by atoms with van der Waals surface area (Å²) in [6.07, 6.45) is 3.44. The van der Waals surface area contributed by atoms with Gasteiger partial charge in [-0.1, -0.05) is 57.2 Å². The highest BCUT2D eigenvalue weighted by atomic mass is 16.2. The van der Waals surface area contributed by atoms with Gasteiger partial charge in [0.2, 0.25) is 0 Å². The van der Waals surface area contributed by atoms with Crippen molar-refractivity contribution in [1.82, 2.24) is 4.90 Å². The van der Waals surface area contributed by atoms with Crippen molar-refractivity contribution >= 4 is 22.5 Å². The maximum atomic E-state index is 13.0. The van der Waals surface area contributed by atoms with Crippen molar-refractivity contribution in [3.05, 3.63) is 42.5 Å². The number of benzene rings is 2. The molecule has 3 nitrogen and oxygen atoms in total. The van der Waals surface area contributed by atoms with Crippen LogP contribution >= 0.6 is 0 Å². The van der Waals surface area contributed by atoms with Gasteiger partial charge in [0.1, 0.15) is 0 Å². The van der Waals surface area contributed by atoms with Crippen molar-refractivity contribution in [3.8, 4) is 0 Å². The quantitative estimate of drug-likeness (QED) is 0.762. The average molecular weight is 322 g/mol. The van der Waals surface area contributed by atoms with Crippen molar-refractivity contribution in [2.75, 3.05) is 11.9 Å². The van der Waals surface area contributed by atoms with Crippen LogP contribution in [-0.2, 0) is 0 Å². The first kappa shape index (κ1) is 15.5. The molecule has 2 atom stereocenters. The summed E-state index contributed by atoms with van der Waals surface area (Å²) in [5, 5.41) is 5.43. The third-order valence-electron chi connectivity index (χ3n) is 5.71. The molecular weight excluding hydrogens is 296 g/mol. The maximum Gasteiger partial charge on any atom is 0.322 e. The number of nitrogens with zero attached hydrogens (tertiary/aromatic N) is 1. The van der Waals surface area contributed by atoms with Crippen molar-refractivity contribution in [3.63, 3.8) is 0 Å². The smallest absolute Gasteiger partial charge is 0.321 e. The molecule has 2 aromatic rings. The van der Waals surface area contributed by atoms with Gasteiger partial charge in [-0.25, -0.2) is 4.79 Å². The summed E-state index contributed by atoms with van der Waals surface area (Å²) in [4.78, 5) is 15.0. The van der Waals surface area contributed by atoms with Gasteiger partial charge in [-0.15, -0.1) is 0 Å². The highest BCUT2D eigenvalue weighted by Gasteiger charge is 2.51. The van der Waals surface area contributed by atoms with Crippen LogP contribution in [0.5, 0.6) is 0 Å². The molecule has 24 heavy (non-hydrogen) atoms. The fourth-order valence-electron chi connectivity index (χ4n) is 5.22. The number of hydrogen-bond acceptors (Lipinski definition) is 1. The Kier molecular flexibility index (Phi) is 3.38. The molecule has 0 spiro atoms. The molecule has 0 aromatic heterocycles. The standard InChI is InChI=1S/C21H26N2O/c1-20(2)11-16-12-21(3,13-20)14-23(16)19(24)22-18-10-6-8-15-7-4-5-9-17(15)18/h4-10,16H,11-14H2,1-3H3,(H,22,24)/t16-,21-/m0/s1. The van der Waals surface area contributed by atoms with Crippen LogP contribution in [0.4, 0.5) is 10.5 Å². The van der Waals surface area contributed by atoms with E-state index in [9.17, 15) is 4.79 Å². The number of carbonyl (C=O) groups is 1. The molecule has 2 aromatic carbocycles. The second-order valence-corrected chi connectivity index (χ2v) is 8.80. The average Bonchev–Trinajstić information content (AvgIpc) is 2.77. The van der Waals surface area contributed by atoms with Gasteiger partial charge in [0.05, 0.1) is 5.69 Å². The highest BCUT2D eigenvalue weighted by molar-refractivity contribution is 6.01. The van der Waals surface area contributed by atoms with Gasteiger partial charge in [-0.2, -0.15) is 0 Å². The number of fused-ring (bicyclic) bond motifs is 3. The van der Waals surface area contributed by atoms with E-state index in [-0.39, 0.29) is 11.4 Å². The predicted molar refractivity (Wildman–Crippen MR) is 99.2 cm³/mol. The third-order valence-corrected chi connectivity index (χ3v) is 5.71. The molecule has 2 fully saturated rings. The molecule has 0 unspecified atom stereocenters. The van der Waals surface area contributed by atoms with Gasteiger partial charge in [-0.05, 0) is 41.5 Å². The normalized spacial score (nSPS) is 28.1. The summed E-state index contributed by atoms with van der Waals surface area (Å²) in [5.41, 5.74) is 1.50. The first-order valence-electron chi connectivity index (χ1n) is 8.91. The third kappa shape index (κ3) is 2.66. The van der Waals surface area contributed by atoms with Gasteiger partial charge in [-0.3, -0.25) is 0 Å². The van der Waals surface area contributed by atoms with Crippen LogP contribution in [0.2, 0.25) is 0 Å². The number of nitrogens with one attached hydrogen (secondary N) is 1. The molecule has 1 heterocycles. The zero-order valence-electron chi connectivity index (χ0n) is 14.8. The number of rotatable bonds is 1. The summed E-state index contributed by atoms with van der Waals surface area (Å²) in [7, 11) is 0. The first-order valence-corrected chi connectivity index (χ1v) is 8.91. The van der Waals surface area contributed by atoms with Crippen LogP contribution in [0.3, 0.4) is 0 Å². The summed E-state index contributed by atoms with van der Waals surface area (Å²) in [5.74, 6) is 0. The Bertz CT molecular complexity index is 792. The molecule has 1 saturated carbocycles. The molecular formula is C21H26N2O. The van der Waals surface area contributed by atoms with E-state index in [0.29, 0.717) is 11.5 Å². The fourth-order valence-corrected chi connectivity index (χ4v) is 5.22. The molecule has 3 heteroatoms. The number of carbonyl (C=O) groups excluding carboxylic acids is 1. The SMILES string of the molecule is CC1(C)C[C@H]2C[C@](C)(CN2C(=O)Nc2cccc3ccccc23)C1. The summed E-state index contributed by atoms with van der Waals surface area (Å²) >= 11 is 0. The Hall–Kier alpha value is -2.03. The first-order chi connectivity index (χ1) is 11.4. The number of anilines is 1. The van der Waals surface area contributed by atoms with Crippen molar-refractivity contribution < 1.29 is 4.79 Å². The Morgan fingerprint density at radius 2 is 1.83 bits per heavy atom. The van der Waals surface area contributed by atoms with E-state index < -0.39 is 0 Å². The van der Waals surface area contributed by atoms with Crippen LogP contribution in [0.1, 0.15) is 40.0 Å². The van der Waals surface area contributed by atoms with Crippen LogP contribution in [0.25, 0.3) is 10.8 Å². The minimum atomic E-state index is 0.0535. The Morgan fingerprint density at radius 3 is 2.67 bits per heavy atom. The largest absolute Gasteiger partial charge is 0.322 e. The lowest BCUT2D eigenvalue weighted by Gasteiger charge is -2.39. The van der Waals surface area contributed by atoms with Crippen LogP contribution in [-0.4, -0.2) is 23.5 Å². The van der Waals surface area contributed by atoms with E-state index in [1.54, 1.807) is 0 Å². The van der Waals surface area contributed by atoms with Gasteiger partial charge in [0.15, 0.2) is 0 Å². The topological polar surface area (TPSA) is 32.3 Å². The van der Waals surface area contributed by atoms with Crippen molar-refractivity contribution in [2.24, 2.45) is 10.8 Å². The lowest BCUT2D eigenvalue weighted by molar-refractivity contribution is 0.130. The van der Waals surface area contributed by atoms with E-state index in [0.717, 1.165) is 35.8 Å². The lowest BCUT2D eigenvalue weighted by atomic mass is 9.65. The molecule has 1 aliphatic carbocycles. The van der Waals surface area contributed by atoms with Gasteiger partial charge in [0, 0.05) is 18.0 Å². The highest BCUT2D eigenvalue weighted by Crippen LogP contribution is 2.52. The second kappa shape index (κ2) is 5.23. The molecule has 1 N–H and O–H groups in total. The summed E-state index contributed by atoms with van der Waals surface area (Å²) in [6, 6.07) is 14.7. The molecule has 1 aliphatic heterocycles. The fraction of sp³-hybridized carbons (Fsp3) is 0.476. The van der Waals surface area contributed by atoms with Crippen molar-refractivity contribution in [1.29, 1.82) is 0 Å². The molecule has 4 rings (SSSR count). The number of amides is 2. The Morgan fingerprint density at radius 1 is 1.08 bits per heavy atom. The van der Waals surface area contributed by atoms with E-state index in [2.05, 4.69) is 49.2 Å². The second-order valence-electron chi connectivity index (χ2n) is 8.80. The lowest BCUT2D eigenvalue weighted by Crippen LogP contribution is -2.40. The zero-order chi connectivity index (χ0) is 16.9. The van der Waals surface area contributed by atoms with E-state index in [4.69, 9.17) is 0 Å². The predicted octanol–water partition coefficient (Wildman–Crippen LogP) is 5.27. The van der Waals surface area contributed by atoms with E-state index in [1.165, 1.54) is 6.42 Å². The van der Waals surface area contributed by atoms with Crippen LogP contribution < -0.4 is 5.32 Å². The Balaban J connectivity index is 1.59. The molecule has 1 saturated heterocycles. The summed E-state index contributed by atoms with van der Waals surface area (Å²) in [6.45, 7) is 7.89. The van der Waals surface area contributed by atoms with E-state index >= 15 is 0 Å². The minimum absolute atomic E-state index is 0.0535. The van der Waals surface area contributed by atoms with Crippen molar-refractivity contribution in [2.45, 2.75) is 46.1 Å². The van der Waals surface area contributed by atoms with Crippen LogP contribution in [0.15, 0.2) is 42.5 Å². The number of likely N-dealkylation sites (tertiary alicyclic amines) is 1. The zero-order valence-corrected chi connectivity index (χ0v) is 14.8. The molecule has 2 aliphatic rings. The Labute approximate surface area is 144 Å². The number of hydrogen-bond donors (Lipinski definition) is 1. The maximum absolute atomic E-state index is 13.0. The molecule has 2 amide bonds. The molecule has 0 radical (unpaired) electrons. The van der Waals surface area contributed by atoms with Gasteiger partial charge in [0.25, 0.3) is 0 Å². The molecule has 126 valence electrons. The van der Waals surface area contributed by atoms with E-state index in [1.807, 2.05) is 24.3 Å².